The number of hydrogen-bond acceptors (Lipinski definition) is 6. The van der Waals surface area contributed by atoms with Gasteiger partial charge in [0.05, 0.1) is 17.0 Å². The van der Waals surface area contributed by atoms with Crippen LogP contribution in [0.2, 0.25) is 0 Å². The number of aromatic nitrogens is 5. The number of rotatable bonds is 6. The van der Waals surface area contributed by atoms with Crippen molar-refractivity contribution in [2.45, 2.75) is 12.8 Å². The summed E-state index contributed by atoms with van der Waals surface area (Å²) >= 11 is 5.32. The summed E-state index contributed by atoms with van der Waals surface area (Å²) in [4.78, 5) is 30.7. The van der Waals surface area contributed by atoms with Crippen molar-refractivity contribution in [3.8, 4) is 22.6 Å². The number of halogens is 1. The van der Waals surface area contributed by atoms with Crippen LogP contribution in [0.1, 0.15) is 17.7 Å². The molecule has 2 aromatic heterocycles. The fourth-order valence-corrected chi connectivity index (χ4v) is 4.17. The first-order valence-electron chi connectivity index (χ1n) is 10.9. The molecule has 2 N–H and O–H groups in total. The molecule has 1 fully saturated rings. The average molecular weight is 487 g/mol. The van der Waals surface area contributed by atoms with Crippen LogP contribution < -0.4 is 0 Å². The Hall–Kier alpha value is -4.31. The number of amides is 1. The van der Waals surface area contributed by atoms with Crippen LogP contribution in [0, 0.1) is 5.82 Å². The molecule has 35 heavy (non-hydrogen) atoms. The molecule has 2 aromatic carbocycles. The predicted octanol–water partition coefficient (Wildman–Crippen LogP) is 3.76. The van der Waals surface area contributed by atoms with E-state index in [0.717, 1.165) is 22.4 Å². The molecule has 1 saturated heterocycles. The minimum Gasteiger partial charge on any atom is -0.355 e. The van der Waals surface area contributed by atoms with Crippen LogP contribution in [-0.4, -0.2) is 53.7 Å². The van der Waals surface area contributed by atoms with Gasteiger partial charge < -0.3 is 9.88 Å². The second kappa shape index (κ2) is 9.51. The van der Waals surface area contributed by atoms with E-state index >= 15 is 0 Å². The topological polar surface area (TPSA) is 108 Å². The lowest BCUT2D eigenvalue weighted by atomic mass is 10.00. The average Bonchev–Trinajstić information content (AvgIpc) is 3.56. The van der Waals surface area contributed by atoms with Crippen molar-refractivity contribution in [1.82, 2.24) is 30.5 Å². The molecule has 0 aliphatic carbocycles. The third-order valence-corrected chi connectivity index (χ3v) is 6.10. The molecule has 3 heterocycles. The number of Topliss-reactive ketones (excluding diaryl/α,β-unsaturated/α-hetero) is 1. The van der Waals surface area contributed by atoms with Gasteiger partial charge in [0.1, 0.15) is 5.82 Å². The molecule has 5 rings (SSSR count). The summed E-state index contributed by atoms with van der Waals surface area (Å²) in [5.41, 5.74) is 4.17. The summed E-state index contributed by atoms with van der Waals surface area (Å²) in [6.07, 6.45) is 2.07. The molecular formula is C25H19FN6O2S. The van der Waals surface area contributed by atoms with Gasteiger partial charge >= 0.3 is 0 Å². The molecule has 10 heteroatoms. The number of piperidine rings is 1. The van der Waals surface area contributed by atoms with Gasteiger partial charge in [-0.25, -0.2) is 4.39 Å². The third kappa shape index (κ3) is 4.82. The van der Waals surface area contributed by atoms with E-state index in [0.29, 0.717) is 29.5 Å². The van der Waals surface area contributed by atoms with E-state index in [1.165, 1.54) is 17.0 Å². The number of carbonyl (C=O) groups is 2. The van der Waals surface area contributed by atoms with Gasteiger partial charge in [-0.3, -0.25) is 9.59 Å². The molecule has 0 saturated carbocycles. The third-order valence-electron chi connectivity index (χ3n) is 5.73. The number of nitrogens with zero attached hydrogens (tertiary/aromatic N) is 4. The monoisotopic (exact) mass is 486 g/mol. The Balaban J connectivity index is 1.32. The van der Waals surface area contributed by atoms with Gasteiger partial charge in [-0.15, -0.1) is 10.2 Å². The molecule has 4 aromatic rings. The first-order chi connectivity index (χ1) is 17.0. The molecule has 0 bridgehead atoms. The van der Waals surface area contributed by atoms with Gasteiger partial charge in [-0.2, -0.15) is 5.21 Å². The van der Waals surface area contributed by atoms with Crippen LogP contribution >= 0.6 is 12.2 Å². The maximum absolute atomic E-state index is 13.2. The Morgan fingerprint density at radius 2 is 1.74 bits per heavy atom. The molecular weight excluding hydrogens is 467 g/mol. The number of aromatic amines is 2. The first-order valence-corrected chi connectivity index (χ1v) is 11.3. The van der Waals surface area contributed by atoms with Crippen molar-refractivity contribution in [2.75, 3.05) is 6.54 Å². The van der Waals surface area contributed by atoms with E-state index < -0.39 is 5.91 Å². The zero-order valence-electron chi connectivity index (χ0n) is 18.4. The van der Waals surface area contributed by atoms with Gasteiger partial charge in [0.25, 0.3) is 5.91 Å². The normalized spacial score (nSPS) is 15.3. The molecule has 0 unspecified atom stereocenters. The van der Waals surface area contributed by atoms with Crippen molar-refractivity contribution >= 4 is 35.0 Å². The second-order valence-electron chi connectivity index (χ2n) is 8.03. The molecule has 1 amide bonds. The summed E-state index contributed by atoms with van der Waals surface area (Å²) < 4.78 is 13.2. The summed E-state index contributed by atoms with van der Waals surface area (Å²) in [6.45, 7) is 0.316. The second-order valence-corrected chi connectivity index (χ2v) is 8.50. The molecule has 0 spiro atoms. The maximum atomic E-state index is 13.2. The molecule has 1 aliphatic rings. The number of thiocarbonyl (C=S) groups is 1. The van der Waals surface area contributed by atoms with Crippen molar-refractivity contribution in [3.63, 3.8) is 0 Å². The number of carbonyl (C=O) groups excluding carboxylic acids is 2. The van der Waals surface area contributed by atoms with Crippen molar-refractivity contribution in [2.24, 2.45) is 0 Å². The highest BCUT2D eigenvalue weighted by Gasteiger charge is 2.33. The summed E-state index contributed by atoms with van der Waals surface area (Å²) in [5.74, 6) is -0.542. The molecule has 0 atom stereocenters. The fraction of sp³-hybridized carbons (Fsp3) is 0.120. The summed E-state index contributed by atoms with van der Waals surface area (Å²) in [5, 5.41) is 13.9. The van der Waals surface area contributed by atoms with Crippen LogP contribution in [0.3, 0.4) is 0 Å². The van der Waals surface area contributed by atoms with Crippen molar-refractivity contribution in [1.29, 1.82) is 0 Å². The van der Waals surface area contributed by atoms with Crippen LogP contribution in [-0.2, 0) is 16.0 Å². The minimum absolute atomic E-state index is 0.00142. The number of hydrogen-bond donors (Lipinski definition) is 2. The Morgan fingerprint density at radius 1 is 1.00 bits per heavy atom. The lowest BCUT2D eigenvalue weighted by Gasteiger charge is -2.28. The van der Waals surface area contributed by atoms with E-state index in [1.807, 2.05) is 36.4 Å². The van der Waals surface area contributed by atoms with E-state index in [4.69, 9.17) is 12.2 Å². The summed E-state index contributed by atoms with van der Waals surface area (Å²) in [6, 6.07) is 17.4. The number of benzene rings is 2. The van der Waals surface area contributed by atoms with Crippen molar-refractivity contribution in [3.05, 3.63) is 83.3 Å². The van der Waals surface area contributed by atoms with Gasteiger partial charge in [0, 0.05) is 23.5 Å². The SMILES string of the molecule is O=C1CC(=S)N(CCc2ccc(F)cc2)C(=O)/C1=C/c1ccc(-c2ccc(-c3nn[nH]n3)cc2)[nH]1. The zero-order chi connectivity index (χ0) is 24.4. The highest BCUT2D eigenvalue weighted by molar-refractivity contribution is 7.80. The molecule has 8 nitrogen and oxygen atoms in total. The van der Waals surface area contributed by atoms with Gasteiger partial charge in [0.2, 0.25) is 5.82 Å². The van der Waals surface area contributed by atoms with Crippen LogP contribution in [0.4, 0.5) is 4.39 Å². The Labute approximate surface area is 204 Å². The van der Waals surface area contributed by atoms with Crippen LogP contribution in [0.5, 0.6) is 0 Å². The van der Waals surface area contributed by atoms with Gasteiger partial charge in [0.15, 0.2) is 5.78 Å². The number of tetrazole rings is 1. The maximum Gasteiger partial charge on any atom is 0.262 e. The Kier molecular flexibility index (Phi) is 6.11. The quantitative estimate of drug-likeness (QED) is 0.244. The number of nitrogens with one attached hydrogen (secondary N) is 2. The zero-order valence-corrected chi connectivity index (χ0v) is 19.2. The number of likely N-dealkylation sites (tertiary alicyclic amines) is 1. The van der Waals surface area contributed by atoms with E-state index in [2.05, 4.69) is 25.6 Å². The van der Waals surface area contributed by atoms with Gasteiger partial charge in [-0.05, 0) is 53.1 Å². The Bertz CT molecular complexity index is 1430. The first kappa shape index (κ1) is 22.5. The van der Waals surface area contributed by atoms with E-state index in [9.17, 15) is 14.0 Å². The fourth-order valence-electron chi connectivity index (χ4n) is 3.87. The minimum atomic E-state index is -0.422. The number of ketones is 1. The summed E-state index contributed by atoms with van der Waals surface area (Å²) in [7, 11) is 0. The van der Waals surface area contributed by atoms with E-state index in [1.54, 1.807) is 18.2 Å². The van der Waals surface area contributed by atoms with Crippen molar-refractivity contribution < 1.29 is 14.0 Å². The highest BCUT2D eigenvalue weighted by Crippen LogP contribution is 2.25. The number of H-pyrrole nitrogens is 2. The lowest BCUT2D eigenvalue weighted by Crippen LogP contribution is -2.45. The smallest absolute Gasteiger partial charge is 0.262 e. The molecule has 174 valence electrons. The molecule has 0 radical (unpaired) electrons. The van der Waals surface area contributed by atoms with Gasteiger partial charge in [-0.1, -0.05) is 48.6 Å². The molecule has 1 aliphatic heterocycles. The predicted molar refractivity (Wildman–Crippen MR) is 131 cm³/mol. The lowest BCUT2D eigenvalue weighted by molar-refractivity contribution is -0.127. The van der Waals surface area contributed by atoms with Crippen LogP contribution in [0.15, 0.2) is 66.2 Å². The highest BCUT2D eigenvalue weighted by atomic mass is 32.1. The largest absolute Gasteiger partial charge is 0.355 e. The van der Waals surface area contributed by atoms with Crippen LogP contribution in [0.25, 0.3) is 28.7 Å². The standard InChI is InChI=1S/C25H19FN6O2S/c26-18-7-1-15(2-8-18)11-12-32-23(35)14-22(33)20(25(32)34)13-19-9-10-21(27-19)16-3-5-17(6-4-16)24-28-30-31-29-24/h1-10,13,27H,11-12,14H2,(H,28,29,30,31)/b20-13+. The van der Waals surface area contributed by atoms with E-state index in [-0.39, 0.29) is 23.6 Å². The Morgan fingerprint density at radius 3 is 2.46 bits per heavy atom.